The summed E-state index contributed by atoms with van der Waals surface area (Å²) in [4.78, 5) is 27.3. The van der Waals surface area contributed by atoms with Gasteiger partial charge in [-0.1, -0.05) is 89.0 Å². The van der Waals surface area contributed by atoms with Crippen molar-refractivity contribution < 1.29 is 14.3 Å². The van der Waals surface area contributed by atoms with Crippen molar-refractivity contribution in [1.82, 2.24) is 15.1 Å². The van der Waals surface area contributed by atoms with E-state index in [2.05, 4.69) is 40.6 Å². The van der Waals surface area contributed by atoms with Crippen LogP contribution in [-0.4, -0.2) is 44.9 Å². The van der Waals surface area contributed by atoms with Crippen molar-refractivity contribution in [3.63, 3.8) is 0 Å². The first-order valence-corrected chi connectivity index (χ1v) is 14.1. The third-order valence-corrected chi connectivity index (χ3v) is 8.59. The van der Waals surface area contributed by atoms with Gasteiger partial charge in [-0.25, -0.2) is 0 Å². The van der Waals surface area contributed by atoms with Gasteiger partial charge in [-0.3, -0.25) is 14.5 Å². The minimum Gasteiger partial charge on any atom is -0.497 e. The smallest absolute Gasteiger partial charge is 0.266 e. The molecular weight excluding hydrogens is 533 g/mol. The Labute approximate surface area is 227 Å². The number of methoxy groups -OCH3 is 1. The molecule has 0 unspecified atom stereocenters. The van der Waals surface area contributed by atoms with Crippen molar-refractivity contribution in [2.75, 3.05) is 19.0 Å². The van der Waals surface area contributed by atoms with Gasteiger partial charge < -0.3 is 10.1 Å². The van der Waals surface area contributed by atoms with Crippen molar-refractivity contribution in [3.05, 3.63) is 70.1 Å². The number of rotatable bonds is 10. The summed E-state index contributed by atoms with van der Waals surface area (Å²) in [5.41, 5.74) is 3.33. The monoisotopic (exact) mass is 556 g/mol. The minimum atomic E-state index is -0.166. The summed E-state index contributed by atoms with van der Waals surface area (Å²) in [6.45, 7) is 2.45. The Morgan fingerprint density at radius 3 is 2.78 bits per heavy atom. The fourth-order valence-corrected chi connectivity index (χ4v) is 6.41. The lowest BCUT2D eigenvalue weighted by molar-refractivity contribution is -0.122. The molecule has 11 heteroatoms. The highest BCUT2D eigenvalue weighted by atomic mass is 32.2. The van der Waals surface area contributed by atoms with E-state index in [9.17, 15) is 9.59 Å². The summed E-state index contributed by atoms with van der Waals surface area (Å²) in [5.74, 6) is 1.24. The zero-order chi connectivity index (χ0) is 25.5. The first-order valence-electron chi connectivity index (χ1n) is 11.1. The molecule has 1 saturated heterocycles. The Morgan fingerprint density at radius 1 is 1.22 bits per heavy atom. The molecule has 186 valence electrons. The van der Waals surface area contributed by atoms with E-state index in [1.54, 1.807) is 23.8 Å². The van der Waals surface area contributed by atoms with Gasteiger partial charge in [-0.15, -0.1) is 10.2 Å². The molecule has 1 N–H and O–H groups in total. The van der Waals surface area contributed by atoms with Gasteiger partial charge in [0.15, 0.2) is 4.34 Å². The number of anilines is 1. The molecule has 1 aliphatic heterocycles. The van der Waals surface area contributed by atoms with E-state index in [-0.39, 0.29) is 18.2 Å². The molecule has 1 fully saturated rings. The lowest BCUT2D eigenvalue weighted by atomic mass is 10.2. The number of ether oxygens (including phenoxy) is 1. The Balaban J connectivity index is 1.22. The van der Waals surface area contributed by atoms with Crippen LogP contribution in [0.15, 0.2) is 57.8 Å². The van der Waals surface area contributed by atoms with Crippen LogP contribution < -0.4 is 10.1 Å². The summed E-state index contributed by atoms with van der Waals surface area (Å²) >= 11 is 9.61. The molecule has 1 aliphatic rings. The van der Waals surface area contributed by atoms with Crippen LogP contribution in [0, 0.1) is 6.92 Å². The predicted molar refractivity (Wildman–Crippen MR) is 151 cm³/mol. The van der Waals surface area contributed by atoms with E-state index >= 15 is 0 Å². The molecule has 1 aromatic heterocycles. The second-order valence-corrected chi connectivity index (χ2v) is 11.8. The molecule has 2 aromatic carbocycles. The van der Waals surface area contributed by atoms with Crippen LogP contribution in [0.4, 0.5) is 5.13 Å². The van der Waals surface area contributed by atoms with Crippen molar-refractivity contribution in [2.24, 2.45) is 0 Å². The average Bonchev–Trinajstić information content (AvgIpc) is 3.42. The molecule has 0 atom stereocenters. The van der Waals surface area contributed by atoms with E-state index in [1.807, 2.05) is 36.4 Å². The highest BCUT2D eigenvalue weighted by molar-refractivity contribution is 8.26. The van der Waals surface area contributed by atoms with Crippen LogP contribution in [0.5, 0.6) is 5.75 Å². The molecule has 0 aliphatic carbocycles. The van der Waals surface area contributed by atoms with Crippen LogP contribution in [0.1, 0.15) is 29.5 Å². The topological polar surface area (TPSA) is 84.4 Å². The van der Waals surface area contributed by atoms with E-state index in [1.165, 1.54) is 34.2 Å². The number of amides is 2. The van der Waals surface area contributed by atoms with Gasteiger partial charge in [0.1, 0.15) is 10.1 Å². The second kappa shape index (κ2) is 12.5. The lowest BCUT2D eigenvalue weighted by Crippen LogP contribution is -2.29. The Kier molecular flexibility index (Phi) is 9.13. The molecule has 2 heterocycles. The van der Waals surface area contributed by atoms with E-state index in [0.717, 1.165) is 21.4 Å². The Hall–Kier alpha value is -2.73. The number of thioether (sulfide) groups is 2. The molecule has 7 nitrogen and oxygen atoms in total. The molecule has 2 amide bonds. The number of carbonyl (C=O) groups excluding carboxylic acids is 2. The van der Waals surface area contributed by atoms with Crippen LogP contribution >= 0.6 is 47.1 Å². The maximum absolute atomic E-state index is 12.8. The zero-order valence-electron chi connectivity index (χ0n) is 19.7. The van der Waals surface area contributed by atoms with Crippen LogP contribution in [-0.2, 0) is 15.3 Å². The van der Waals surface area contributed by atoms with Gasteiger partial charge in [0.25, 0.3) is 5.91 Å². The van der Waals surface area contributed by atoms with Crippen LogP contribution in [0.2, 0.25) is 0 Å². The van der Waals surface area contributed by atoms with Crippen molar-refractivity contribution in [2.45, 2.75) is 29.9 Å². The highest BCUT2D eigenvalue weighted by Crippen LogP contribution is 2.33. The highest BCUT2D eigenvalue weighted by Gasteiger charge is 2.31. The van der Waals surface area contributed by atoms with Gasteiger partial charge in [-0.2, -0.15) is 0 Å². The third kappa shape index (κ3) is 7.16. The Bertz CT molecular complexity index is 1290. The fraction of sp³-hybridized carbons (Fsp3) is 0.240. The summed E-state index contributed by atoms with van der Waals surface area (Å²) in [6.07, 6.45) is 2.55. The first-order chi connectivity index (χ1) is 17.4. The largest absolute Gasteiger partial charge is 0.497 e. The van der Waals surface area contributed by atoms with E-state index < -0.39 is 0 Å². The molecule has 3 aromatic rings. The average molecular weight is 557 g/mol. The number of hydrogen-bond acceptors (Lipinski definition) is 9. The molecule has 0 bridgehead atoms. The molecule has 0 spiro atoms. The summed E-state index contributed by atoms with van der Waals surface area (Å²) in [6, 6.07) is 15.8. The minimum absolute atomic E-state index is 0.138. The molecular formula is C25H24N4O3S4. The number of carbonyl (C=O) groups is 2. The summed E-state index contributed by atoms with van der Waals surface area (Å²) in [7, 11) is 1.61. The quantitative estimate of drug-likeness (QED) is 0.146. The van der Waals surface area contributed by atoms with Gasteiger partial charge >= 0.3 is 0 Å². The number of thiocarbonyl (C=S) groups is 1. The van der Waals surface area contributed by atoms with Gasteiger partial charge in [0, 0.05) is 18.7 Å². The number of aryl methyl sites for hydroxylation is 1. The maximum atomic E-state index is 12.8. The third-order valence-electron chi connectivity index (χ3n) is 5.17. The van der Waals surface area contributed by atoms with E-state index in [0.29, 0.717) is 27.3 Å². The summed E-state index contributed by atoms with van der Waals surface area (Å²) < 4.78 is 6.46. The molecule has 4 rings (SSSR count). The number of aromatic nitrogens is 2. The number of hydrogen-bond donors (Lipinski definition) is 1. The number of nitrogens with one attached hydrogen (secondary N) is 1. The molecule has 36 heavy (non-hydrogen) atoms. The van der Waals surface area contributed by atoms with E-state index in [4.69, 9.17) is 17.0 Å². The number of benzene rings is 2. The summed E-state index contributed by atoms with van der Waals surface area (Å²) in [5, 5.41) is 11.5. The van der Waals surface area contributed by atoms with Crippen molar-refractivity contribution >= 4 is 74.4 Å². The van der Waals surface area contributed by atoms with Crippen molar-refractivity contribution in [1.29, 1.82) is 0 Å². The maximum Gasteiger partial charge on any atom is 0.266 e. The standard InChI is InChI=1S/C25H24N4O3S4/c1-16-5-3-6-18(13-16)15-34-24-28-27-23(36-24)26-21(30)7-4-12-29-22(31)20(35-25(29)33)14-17-8-10-19(32-2)11-9-17/h3,5-6,8-11,13-14H,4,7,12,15H2,1-2H3,(H,26,27,30)/b20-14-. The van der Waals surface area contributed by atoms with Gasteiger partial charge in [-0.05, 0) is 42.7 Å². The van der Waals surface area contributed by atoms with Crippen LogP contribution in [0.25, 0.3) is 6.08 Å². The SMILES string of the molecule is COc1ccc(/C=C2\SC(=S)N(CCCC(=O)Nc3nnc(SCc4cccc(C)c4)s3)C2=O)cc1. The molecule has 0 saturated carbocycles. The fourth-order valence-electron chi connectivity index (χ4n) is 3.39. The normalized spacial score (nSPS) is 14.5. The Morgan fingerprint density at radius 2 is 2.03 bits per heavy atom. The van der Waals surface area contributed by atoms with Gasteiger partial charge in [0.2, 0.25) is 11.0 Å². The predicted octanol–water partition coefficient (Wildman–Crippen LogP) is 5.77. The number of nitrogens with zero attached hydrogens (tertiary/aromatic N) is 3. The van der Waals surface area contributed by atoms with Crippen molar-refractivity contribution in [3.8, 4) is 5.75 Å². The lowest BCUT2D eigenvalue weighted by Gasteiger charge is -2.13. The van der Waals surface area contributed by atoms with Crippen LogP contribution in [0.3, 0.4) is 0 Å². The second-order valence-electron chi connectivity index (χ2n) is 7.91. The first kappa shape index (κ1) is 26.3. The molecule has 0 radical (unpaired) electrons. The zero-order valence-corrected chi connectivity index (χ0v) is 23.0. The van der Waals surface area contributed by atoms with Gasteiger partial charge in [0.05, 0.1) is 12.0 Å².